The summed E-state index contributed by atoms with van der Waals surface area (Å²) in [6.45, 7) is 3.38. The Kier molecular flexibility index (Phi) is 7.30. The molecule has 2 bridgehead atoms. The first-order chi connectivity index (χ1) is 18.4. The van der Waals surface area contributed by atoms with E-state index in [0.717, 1.165) is 7.11 Å². The van der Waals surface area contributed by atoms with Crippen molar-refractivity contribution in [2.24, 2.45) is 0 Å². The predicted octanol–water partition coefficient (Wildman–Crippen LogP) is 1.26. The molecule has 4 rings (SSSR count). The number of esters is 2. The van der Waals surface area contributed by atoms with Crippen LogP contribution < -0.4 is 20.7 Å². The summed E-state index contributed by atoms with van der Waals surface area (Å²) in [5, 5.41) is 19.7. The van der Waals surface area contributed by atoms with E-state index >= 15 is 0 Å². The van der Waals surface area contributed by atoms with Crippen molar-refractivity contribution in [2.45, 2.75) is 38.6 Å². The van der Waals surface area contributed by atoms with Gasteiger partial charge in [-0.25, -0.2) is 9.59 Å². The first-order valence-electron chi connectivity index (χ1n) is 11.9. The highest BCUT2D eigenvalue weighted by molar-refractivity contribution is 6.12. The summed E-state index contributed by atoms with van der Waals surface area (Å²) in [4.78, 5) is 63.7. The van der Waals surface area contributed by atoms with Gasteiger partial charge in [-0.15, -0.1) is 0 Å². The number of hydrogen-bond donors (Lipinski definition) is 4. The molecule has 3 aromatic carbocycles. The van der Waals surface area contributed by atoms with Crippen molar-refractivity contribution in [2.75, 3.05) is 13.7 Å². The second-order valence-corrected chi connectivity index (χ2v) is 9.44. The smallest absolute Gasteiger partial charge is 0.338 e. The van der Waals surface area contributed by atoms with Crippen LogP contribution in [0.2, 0.25) is 0 Å². The molecule has 1 heterocycles. The maximum atomic E-state index is 13.4. The Hall–Kier alpha value is -4.87. The van der Waals surface area contributed by atoms with Crippen LogP contribution in [-0.2, 0) is 28.7 Å². The number of phenols is 1. The highest BCUT2D eigenvalue weighted by Gasteiger charge is 2.37. The highest BCUT2D eigenvalue weighted by Crippen LogP contribution is 2.42. The number of nitrogens with one attached hydrogen (secondary N) is 3. The number of methoxy groups -OCH3 is 1. The van der Waals surface area contributed by atoms with Crippen molar-refractivity contribution in [3.05, 3.63) is 48.0 Å². The molecule has 4 N–H and O–H groups in total. The molecule has 2 atom stereocenters. The minimum atomic E-state index is -1.62. The average Bonchev–Trinajstić information content (AvgIpc) is 2.90. The zero-order chi connectivity index (χ0) is 28.5. The van der Waals surface area contributed by atoms with Gasteiger partial charge >= 0.3 is 11.9 Å². The summed E-state index contributed by atoms with van der Waals surface area (Å²) in [6.07, 6.45) is -1.62. The van der Waals surface area contributed by atoms with Gasteiger partial charge in [0.25, 0.3) is 12.1 Å². The van der Waals surface area contributed by atoms with Gasteiger partial charge in [0.05, 0.1) is 12.7 Å². The number of aromatic hydroxyl groups is 1. The SMILES string of the molecule is COC(=O)[C@@H]1COC(=O)c2ccc3c(O)c4ccccc4c(c3c2)OC(NC(C)=O)C(=O)NC(C)(C)C(=O)N1. The number of phenolic OH excluding ortho intramolecular Hbond substituents is 1. The minimum Gasteiger partial charge on any atom is -0.507 e. The summed E-state index contributed by atoms with van der Waals surface area (Å²) in [7, 11) is 1.11. The molecule has 3 aromatic rings. The number of carbonyl (C=O) groups excluding carboxylic acids is 5. The van der Waals surface area contributed by atoms with Gasteiger partial charge in [-0.2, -0.15) is 0 Å². The molecular formula is C27H27N3O9. The third kappa shape index (κ3) is 5.40. The third-order valence-electron chi connectivity index (χ3n) is 6.17. The lowest BCUT2D eigenvalue weighted by molar-refractivity contribution is -0.147. The topological polar surface area (TPSA) is 169 Å². The Bertz CT molecular complexity index is 1520. The molecule has 1 aliphatic rings. The van der Waals surface area contributed by atoms with Gasteiger partial charge in [0.2, 0.25) is 11.8 Å². The predicted molar refractivity (Wildman–Crippen MR) is 138 cm³/mol. The van der Waals surface area contributed by atoms with Gasteiger partial charge in [0.1, 0.15) is 23.6 Å². The number of amides is 3. The van der Waals surface area contributed by atoms with Crippen LogP contribution in [0.5, 0.6) is 11.5 Å². The first kappa shape index (κ1) is 27.2. The molecular weight excluding hydrogens is 510 g/mol. The van der Waals surface area contributed by atoms with E-state index in [1.54, 1.807) is 24.3 Å². The summed E-state index contributed by atoms with van der Waals surface area (Å²) in [5.41, 5.74) is -1.58. The van der Waals surface area contributed by atoms with Gasteiger partial charge in [-0.3, -0.25) is 14.4 Å². The molecule has 0 fully saturated rings. The Balaban J connectivity index is 1.94. The van der Waals surface area contributed by atoms with E-state index in [9.17, 15) is 29.1 Å². The molecule has 0 saturated carbocycles. The molecule has 0 radical (unpaired) electrons. The lowest BCUT2D eigenvalue weighted by Crippen LogP contribution is -2.62. The lowest BCUT2D eigenvalue weighted by atomic mass is 9.99. The highest BCUT2D eigenvalue weighted by atomic mass is 16.5. The van der Waals surface area contributed by atoms with Gasteiger partial charge < -0.3 is 35.3 Å². The van der Waals surface area contributed by atoms with Gasteiger partial charge in [-0.05, 0) is 32.0 Å². The molecule has 3 amide bonds. The van der Waals surface area contributed by atoms with Crippen LogP contribution in [0.4, 0.5) is 0 Å². The van der Waals surface area contributed by atoms with Crippen LogP contribution >= 0.6 is 0 Å². The van der Waals surface area contributed by atoms with Crippen molar-refractivity contribution in [1.29, 1.82) is 0 Å². The van der Waals surface area contributed by atoms with Crippen molar-refractivity contribution in [3.8, 4) is 11.5 Å². The first-order valence-corrected chi connectivity index (χ1v) is 11.9. The molecule has 12 heteroatoms. The fourth-order valence-electron chi connectivity index (χ4n) is 4.14. The van der Waals surface area contributed by atoms with E-state index in [0.29, 0.717) is 16.2 Å². The van der Waals surface area contributed by atoms with Gasteiger partial charge in [0, 0.05) is 28.5 Å². The van der Waals surface area contributed by atoms with Crippen LogP contribution in [0.1, 0.15) is 31.1 Å². The molecule has 39 heavy (non-hydrogen) atoms. The number of rotatable bonds is 2. The number of hydrogen-bond acceptors (Lipinski definition) is 9. The standard InChI is InChI=1S/C27H27N3O9/c1-13(31)28-23-22(33)30-27(2,3)26(36)29-19(25(35)37-4)12-38-24(34)14-9-10-16-18(11-14)21(39-23)17-8-6-5-7-15(17)20(16)32/h5-11,19,23,32H,12H2,1-4H3,(H,28,31)(H,29,36)(H,30,33)/t19-,23?/m0/s1. The van der Waals surface area contributed by atoms with Crippen molar-refractivity contribution >= 4 is 51.2 Å². The Morgan fingerprint density at radius 1 is 1.05 bits per heavy atom. The maximum Gasteiger partial charge on any atom is 0.338 e. The average molecular weight is 538 g/mol. The van der Waals surface area contributed by atoms with E-state index < -0.39 is 54.1 Å². The molecule has 0 aromatic heterocycles. The molecule has 0 saturated heterocycles. The largest absolute Gasteiger partial charge is 0.507 e. The summed E-state index contributed by atoms with van der Waals surface area (Å²) >= 11 is 0. The zero-order valence-electron chi connectivity index (χ0n) is 21.6. The van der Waals surface area contributed by atoms with E-state index in [4.69, 9.17) is 14.2 Å². The van der Waals surface area contributed by atoms with Crippen LogP contribution in [0.3, 0.4) is 0 Å². The molecule has 204 valence electrons. The van der Waals surface area contributed by atoms with Crippen LogP contribution in [0.25, 0.3) is 21.5 Å². The van der Waals surface area contributed by atoms with E-state index in [-0.39, 0.29) is 22.4 Å². The minimum absolute atomic E-state index is 0.0349. The van der Waals surface area contributed by atoms with Gasteiger partial charge in [-0.1, -0.05) is 24.3 Å². The monoisotopic (exact) mass is 537 g/mol. The molecule has 0 aliphatic carbocycles. The number of carbonyl (C=O) groups is 5. The summed E-state index contributed by atoms with van der Waals surface area (Å²) < 4.78 is 16.1. The van der Waals surface area contributed by atoms with Crippen LogP contribution in [0.15, 0.2) is 42.5 Å². The number of benzene rings is 3. The van der Waals surface area contributed by atoms with Gasteiger partial charge in [0.15, 0.2) is 6.04 Å². The van der Waals surface area contributed by atoms with Crippen molar-refractivity contribution < 1.29 is 43.3 Å². The summed E-state index contributed by atoms with van der Waals surface area (Å²) in [5.74, 6) is -3.97. The Morgan fingerprint density at radius 3 is 2.38 bits per heavy atom. The lowest BCUT2D eigenvalue weighted by Gasteiger charge is -2.29. The molecule has 12 nitrogen and oxygen atoms in total. The Morgan fingerprint density at radius 2 is 1.72 bits per heavy atom. The molecule has 0 spiro atoms. The van der Waals surface area contributed by atoms with Crippen molar-refractivity contribution in [3.63, 3.8) is 0 Å². The van der Waals surface area contributed by atoms with Crippen LogP contribution in [-0.4, -0.2) is 66.3 Å². The Labute approximate surface area is 222 Å². The normalized spacial score (nSPS) is 19.6. The maximum absolute atomic E-state index is 13.4. The molecule has 1 aliphatic heterocycles. The number of cyclic esters (lactones) is 1. The summed E-state index contributed by atoms with van der Waals surface area (Å²) in [6, 6.07) is 9.60. The van der Waals surface area contributed by atoms with E-state index in [2.05, 4.69) is 16.0 Å². The van der Waals surface area contributed by atoms with Crippen molar-refractivity contribution in [1.82, 2.24) is 16.0 Å². The third-order valence-corrected chi connectivity index (χ3v) is 6.17. The number of fused-ring (bicyclic) bond motifs is 3. The second-order valence-electron chi connectivity index (χ2n) is 9.44. The fourth-order valence-corrected chi connectivity index (χ4v) is 4.14. The van der Waals surface area contributed by atoms with Crippen LogP contribution in [0, 0.1) is 0 Å². The number of ether oxygens (including phenoxy) is 3. The second kappa shape index (κ2) is 10.5. The quantitative estimate of drug-likeness (QED) is 0.278. The van der Waals surface area contributed by atoms with E-state index in [1.807, 2.05) is 0 Å². The zero-order valence-corrected chi connectivity index (χ0v) is 21.6. The molecule has 1 unspecified atom stereocenters. The van der Waals surface area contributed by atoms with E-state index in [1.165, 1.54) is 39.0 Å². The fraction of sp³-hybridized carbons (Fsp3) is 0.296.